The summed E-state index contributed by atoms with van der Waals surface area (Å²) in [6.07, 6.45) is 2.36. The average Bonchev–Trinajstić information content (AvgIpc) is 3.17. The molecule has 1 aromatic carbocycles. The summed E-state index contributed by atoms with van der Waals surface area (Å²) in [6, 6.07) is 10.2. The number of aromatic nitrogens is 4. The molecule has 0 aliphatic rings. The van der Waals surface area contributed by atoms with Crippen LogP contribution in [0.15, 0.2) is 35.1 Å². The number of para-hydroxylation sites is 1. The highest BCUT2D eigenvalue weighted by Crippen LogP contribution is 2.23. The number of amides is 2. The van der Waals surface area contributed by atoms with Crippen molar-refractivity contribution in [3.8, 4) is 6.07 Å². The van der Waals surface area contributed by atoms with Gasteiger partial charge in [0.05, 0.1) is 11.6 Å². The Balaban J connectivity index is 1.73. The fraction of sp³-hybridized carbons (Fsp3) is 0.462. The molecule has 0 aliphatic heterocycles. The zero-order valence-electron chi connectivity index (χ0n) is 21.2. The van der Waals surface area contributed by atoms with Crippen LogP contribution >= 0.6 is 0 Å². The molecular formula is C26H33N7O3. The molecule has 2 amide bonds. The van der Waals surface area contributed by atoms with E-state index in [0.29, 0.717) is 36.3 Å². The quantitative estimate of drug-likeness (QED) is 0.372. The number of unbranched alkanes of at least 4 members (excludes halogenated alkanes) is 2. The standard InChI is InChI=1S/C26H33N7O3/c1-17-16-21(34)30-20(29-17)12-14-28-25(36)23(26(2,3)4)31-24(35)22-18-10-6-7-11-19(18)33(32-22)15-9-5-8-13-27/h6-7,10-11,16,23H,5,8-9,12,14-15H2,1-4H3,(H,28,36)(H,31,35)(H,29,30,34). The highest BCUT2D eigenvalue weighted by atomic mass is 16.2. The van der Waals surface area contributed by atoms with Crippen molar-refractivity contribution < 1.29 is 9.59 Å². The summed E-state index contributed by atoms with van der Waals surface area (Å²) < 4.78 is 1.78. The van der Waals surface area contributed by atoms with Crippen molar-refractivity contribution in [3.63, 3.8) is 0 Å². The fourth-order valence-corrected chi connectivity index (χ4v) is 3.97. The molecule has 0 bridgehead atoms. The number of aryl methyl sites for hydroxylation is 2. The molecular weight excluding hydrogens is 458 g/mol. The first-order chi connectivity index (χ1) is 17.1. The van der Waals surface area contributed by atoms with Gasteiger partial charge < -0.3 is 15.6 Å². The molecule has 0 aliphatic carbocycles. The predicted octanol–water partition coefficient (Wildman–Crippen LogP) is 2.63. The van der Waals surface area contributed by atoms with Crippen molar-refractivity contribution in [1.29, 1.82) is 5.26 Å². The molecule has 3 N–H and O–H groups in total. The number of carbonyl (C=O) groups excluding carboxylic acids is 2. The van der Waals surface area contributed by atoms with E-state index in [0.717, 1.165) is 18.4 Å². The van der Waals surface area contributed by atoms with Crippen molar-refractivity contribution in [2.24, 2.45) is 5.41 Å². The SMILES string of the molecule is Cc1cc(=O)[nH]c(CCNC(=O)C(NC(=O)c2nn(CCCCC#N)c3ccccc23)C(C)(C)C)n1. The van der Waals surface area contributed by atoms with Crippen LogP contribution in [-0.4, -0.2) is 44.1 Å². The molecule has 10 nitrogen and oxygen atoms in total. The third-order valence-electron chi connectivity index (χ3n) is 5.76. The molecule has 2 aromatic heterocycles. The number of aromatic amines is 1. The Morgan fingerprint density at radius 1 is 1.22 bits per heavy atom. The molecule has 0 radical (unpaired) electrons. The number of rotatable bonds is 10. The van der Waals surface area contributed by atoms with E-state index in [2.05, 4.69) is 31.8 Å². The summed E-state index contributed by atoms with van der Waals surface area (Å²) in [4.78, 5) is 45.0. The molecule has 3 aromatic rings. The number of nitriles is 1. The molecule has 36 heavy (non-hydrogen) atoms. The second-order valence-electron chi connectivity index (χ2n) is 9.85. The number of benzene rings is 1. The summed E-state index contributed by atoms with van der Waals surface area (Å²) in [5.41, 5.74) is 0.896. The second kappa shape index (κ2) is 11.6. The molecule has 10 heteroatoms. The fourth-order valence-electron chi connectivity index (χ4n) is 3.97. The van der Waals surface area contributed by atoms with Gasteiger partial charge in [-0.2, -0.15) is 10.4 Å². The topological polar surface area (TPSA) is 146 Å². The normalized spacial score (nSPS) is 12.2. The summed E-state index contributed by atoms with van der Waals surface area (Å²) in [5, 5.41) is 19.7. The molecule has 0 fully saturated rings. The van der Waals surface area contributed by atoms with Crippen LogP contribution < -0.4 is 16.2 Å². The van der Waals surface area contributed by atoms with Crippen LogP contribution in [0.2, 0.25) is 0 Å². The van der Waals surface area contributed by atoms with Crippen LogP contribution in [0.1, 0.15) is 62.0 Å². The Bertz CT molecular complexity index is 1330. The Morgan fingerprint density at radius 3 is 2.67 bits per heavy atom. The van der Waals surface area contributed by atoms with Crippen LogP contribution in [0, 0.1) is 23.7 Å². The lowest BCUT2D eigenvalue weighted by atomic mass is 9.86. The third-order valence-corrected chi connectivity index (χ3v) is 5.76. The Labute approximate surface area is 210 Å². The predicted molar refractivity (Wildman–Crippen MR) is 136 cm³/mol. The lowest BCUT2D eigenvalue weighted by Gasteiger charge is -2.30. The van der Waals surface area contributed by atoms with E-state index in [-0.39, 0.29) is 23.7 Å². The Kier molecular flexibility index (Phi) is 8.59. The maximum Gasteiger partial charge on any atom is 0.273 e. The van der Waals surface area contributed by atoms with E-state index in [1.807, 2.05) is 45.0 Å². The van der Waals surface area contributed by atoms with Gasteiger partial charge in [0.2, 0.25) is 5.91 Å². The number of hydrogen-bond acceptors (Lipinski definition) is 6. The van der Waals surface area contributed by atoms with Crippen molar-refractivity contribution in [3.05, 3.63) is 57.9 Å². The second-order valence-corrected chi connectivity index (χ2v) is 9.85. The third kappa shape index (κ3) is 6.78. The van der Waals surface area contributed by atoms with E-state index in [1.54, 1.807) is 11.6 Å². The summed E-state index contributed by atoms with van der Waals surface area (Å²) >= 11 is 0. The minimum atomic E-state index is -0.811. The largest absolute Gasteiger partial charge is 0.354 e. The lowest BCUT2D eigenvalue weighted by molar-refractivity contribution is -0.125. The van der Waals surface area contributed by atoms with Crippen molar-refractivity contribution in [1.82, 2.24) is 30.4 Å². The number of nitrogens with one attached hydrogen (secondary N) is 3. The van der Waals surface area contributed by atoms with Crippen LogP contribution in [0.25, 0.3) is 10.9 Å². The number of fused-ring (bicyclic) bond motifs is 1. The van der Waals surface area contributed by atoms with Gasteiger partial charge in [-0.05, 0) is 31.2 Å². The number of hydrogen-bond donors (Lipinski definition) is 3. The first-order valence-electron chi connectivity index (χ1n) is 12.1. The highest BCUT2D eigenvalue weighted by Gasteiger charge is 2.34. The minimum absolute atomic E-state index is 0.236. The number of nitrogens with zero attached hydrogens (tertiary/aromatic N) is 4. The number of H-pyrrole nitrogens is 1. The first kappa shape index (κ1) is 26.6. The maximum atomic E-state index is 13.3. The molecule has 0 saturated heterocycles. The van der Waals surface area contributed by atoms with Gasteiger partial charge in [-0.3, -0.25) is 19.1 Å². The minimum Gasteiger partial charge on any atom is -0.354 e. The molecule has 1 atom stereocenters. The van der Waals surface area contributed by atoms with Gasteiger partial charge in [-0.1, -0.05) is 39.0 Å². The van der Waals surface area contributed by atoms with Crippen LogP contribution in [-0.2, 0) is 17.8 Å². The summed E-state index contributed by atoms with van der Waals surface area (Å²) in [6.45, 7) is 8.22. The first-order valence-corrected chi connectivity index (χ1v) is 12.1. The summed E-state index contributed by atoms with van der Waals surface area (Å²) in [7, 11) is 0. The molecule has 2 heterocycles. The lowest BCUT2D eigenvalue weighted by Crippen LogP contribution is -2.54. The van der Waals surface area contributed by atoms with E-state index >= 15 is 0 Å². The van der Waals surface area contributed by atoms with E-state index in [9.17, 15) is 14.4 Å². The van der Waals surface area contributed by atoms with Crippen LogP contribution in [0.4, 0.5) is 0 Å². The Morgan fingerprint density at radius 2 is 1.97 bits per heavy atom. The smallest absolute Gasteiger partial charge is 0.273 e. The van der Waals surface area contributed by atoms with Gasteiger partial charge in [0.25, 0.3) is 11.5 Å². The summed E-state index contributed by atoms with van der Waals surface area (Å²) in [5.74, 6) is -0.267. The zero-order chi connectivity index (χ0) is 26.3. The molecule has 3 rings (SSSR count). The van der Waals surface area contributed by atoms with Gasteiger partial charge in [-0.15, -0.1) is 0 Å². The molecule has 0 spiro atoms. The zero-order valence-corrected chi connectivity index (χ0v) is 21.2. The Hall–Kier alpha value is -4.00. The van der Waals surface area contributed by atoms with Crippen molar-refractivity contribution in [2.75, 3.05) is 6.54 Å². The van der Waals surface area contributed by atoms with Gasteiger partial charge in [0.1, 0.15) is 11.9 Å². The molecule has 1 unspecified atom stereocenters. The average molecular weight is 492 g/mol. The maximum absolute atomic E-state index is 13.3. The van der Waals surface area contributed by atoms with Crippen molar-refractivity contribution in [2.45, 2.75) is 66.0 Å². The molecule has 0 saturated carbocycles. The van der Waals surface area contributed by atoms with E-state index in [4.69, 9.17) is 5.26 Å². The number of carbonyl (C=O) groups is 2. The van der Waals surface area contributed by atoms with Crippen LogP contribution in [0.3, 0.4) is 0 Å². The van der Waals surface area contributed by atoms with Gasteiger partial charge >= 0.3 is 0 Å². The van der Waals surface area contributed by atoms with Crippen LogP contribution in [0.5, 0.6) is 0 Å². The van der Waals surface area contributed by atoms with Gasteiger partial charge in [-0.25, -0.2) is 4.98 Å². The monoisotopic (exact) mass is 491 g/mol. The van der Waals surface area contributed by atoms with Gasteiger partial charge in [0.15, 0.2) is 5.69 Å². The van der Waals surface area contributed by atoms with Gasteiger partial charge in [0, 0.05) is 43.1 Å². The van der Waals surface area contributed by atoms with E-state index < -0.39 is 17.4 Å². The molecule has 190 valence electrons. The van der Waals surface area contributed by atoms with E-state index in [1.165, 1.54) is 6.07 Å². The van der Waals surface area contributed by atoms with Crippen molar-refractivity contribution >= 4 is 22.7 Å². The highest BCUT2D eigenvalue weighted by molar-refractivity contribution is 6.06.